The largest absolute Gasteiger partial charge is 0.474 e. The van der Waals surface area contributed by atoms with Gasteiger partial charge in [-0.15, -0.1) is 0 Å². The lowest BCUT2D eigenvalue weighted by Gasteiger charge is -2.36. The highest BCUT2D eigenvalue weighted by Gasteiger charge is 2.24. The van der Waals surface area contributed by atoms with Gasteiger partial charge in [0, 0.05) is 45.0 Å². The fourth-order valence-corrected chi connectivity index (χ4v) is 4.42. The van der Waals surface area contributed by atoms with Crippen molar-refractivity contribution in [3.8, 4) is 5.88 Å². The number of piperazine rings is 1. The Morgan fingerprint density at radius 3 is 2.56 bits per heavy atom. The molecule has 2 aliphatic rings. The molecule has 2 fully saturated rings. The molecule has 0 radical (unpaired) electrons. The Labute approximate surface area is 185 Å². The summed E-state index contributed by atoms with van der Waals surface area (Å²) in [4.78, 5) is 37.1. The molecular weight excluding hydrogens is 408 g/mol. The van der Waals surface area contributed by atoms with Crippen molar-refractivity contribution in [2.75, 3.05) is 31.1 Å². The van der Waals surface area contributed by atoms with Gasteiger partial charge in [-0.05, 0) is 49.9 Å². The number of anilines is 1. The minimum absolute atomic E-state index is 0.153. The number of benzene rings is 1. The van der Waals surface area contributed by atoms with E-state index >= 15 is 0 Å². The quantitative estimate of drug-likeness (QED) is 0.620. The second-order valence-electron chi connectivity index (χ2n) is 8.36. The molecule has 5 rings (SSSR count). The molecule has 1 saturated heterocycles. The third-order valence-electron chi connectivity index (χ3n) is 6.27. The zero-order valence-corrected chi connectivity index (χ0v) is 18.1. The van der Waals surface area contributed by atoms with Crippen LogP contribution in [-0.2, 0) is 7.05 Å². The summed E-state index contributed by atoms with van der Waals surface area (Å²) >= 11 is 0. The summed E-state index contributed by atoms with van der Waals surface area (Å²) in [6, 6.07) is 9.01. The van der Waals surface area contributed by atoms with Gasteiger partial charge in [0.2, 0.25) is 5.88 Å². The van der Waals surface area contributed by atoms with Gasteiger partial charge in [-0.25, -0.2) is 14.6 Å². The summed E-state index contributed by atoms with van der Waals surface area (Å²) < 4.78 is 7.38. The molecule has 0 atom stereocenters. The maximum absolute atomic E-state index is 12.8. The van der Waals surface area contributed by atoms with Crippen LogP contribution in [0.15, 0.2) is 41.5 Å². The topological polar surface area (TPSA) is 93.5 Å². The van der Waals surface area contributed by atoms with Crippen LogP contribution in [0.5, 0.6) is 5.88 Å². The number of carbonyl (C=O) groups excluding carboxylic acids is 1. The van der Waals surface area contributed by atoms with E-state index in [-0.39, 0.29) is 23.3 Å². The van der Waals surface area contributed by atoms with E-state index in [1.54, 1.807) is 18.3 Å². The van der Waals surface area contributed by atoms with Crippen molar-refractivity contribution in [2.45, 2.75) is 31.8 Å². The summed E-state index contributed by atoms with van der Waals surface area (Å²) in [7, 11) is 1.55. The van der Waals surface area contributed by atoms with Crippen molar-refractivity contribution in [1.29, 1.82) is 0 Å². The molecule has 1 saturated carbocycles. The minimum Gasteiger partial charge on any atom is -0.474 e. The van der Waals surface area contributed by atoms with Crippen molar-refractivity contribution in [3.63, 3.8) is 0 Å². The molecule has 1 aromatic carbocycles. The normalized spacial score (nSPS) is 17.2. The van der Waals surface area contributed by atoms with Crippen LogP contribution in [-0.4, -0.2) is 62.8 Å². The number of carbonyl (C=O) groups is 1. The number of hydrogen-bond donors (Lipinski definition) is 0. The van der Waals surface area contributed by atoms with Crippen LogP contribution in [0.2, 0.25) is 0 Å². The first-order valence-electron chi connectivity index (χ1n) is 11.1. The minimum atomic E-state index is -0.233. The van der Waals surface area contributed by atoms with Gasteiger partial charge in [0.1, 0.15) is 18.1 Å². The first-order valence-corrected chi connectivity index (χ1v) is 11.1. The lowest BCUT2D eigenvalue weighted by molar-refractivity contribution is 0.0738. The summed E-state index contributed by atoms with van der Waals surface area (Å²) in [5.74, 6) is 0.498. The molecule has 1 amide bonds. The molecule has 0 bridgehead atoms. The Morgan fingerprint density at radius 2 is 1.81 bits per heavy atom. The Balaban J connectivity index is 1.30. The van der Waals surface area contributed by atoms with Crippen molar-refractivity contribution in [3.05, 3.63) is 52.7 Å². The molecule has 1 aliphatic carbocycles. The molecule has 0 unspecified atom stereocenters. The molecule has 1 aliphatic heterocycles. The lowest BCUT2D eigenvalue weighted by atomic mass is 10.1. The SMILES string of the molecule is Cn1nc(C(=O)N2CCN(c3ccc4ncnc(OC5CCCC5)c4c3)CC2)ccc1=O. The molecule has 32 heavy (non-hydrogen) atoms. The average molecular weight is 435 g/mol. The van der Waals surface area contributed by atoms with Crippen LogP contribution in [0.25, 0.3) is 10.9 Å². The zero-order chi connectivity index (χ0) is 22.1. The van der Waals surface area contributed by atoms with E-state index in [0.29, 0.717) is 32.1 Å². The molecule has 166 valence electrons. The molecule has 3 aromatic rings. The van der Waals surface area contributed by atoms with Crippen LogP contribution in [0, 0.1) is 0 Å². The van der Waals surface area contributed by atoms with E-state index in [0.717, 1.165) is 29.4 Å². The number of aryl methyl sites for hydroxylation is 1. The molecule has 0 spiro atoms. The first-order chi connectivity index (χ1) is 15.6. The smallest absolute Gasteiger partial charge is 0.274 e. The van der Waals surface area contributed by atoms with Gasteiger partial charge in [-0.3, -0.25) is 9.59 Å². The highest BCUT2D eigenvalue weighted by Crippen LogP contribution is 2.30. The number of hydrogen-bond acceptors (Lipinski definition) is 7. The Morgan fingerprint density at radius 1 is 1.03 bits per heavy atom. The third kappa shape index (κ3) is 4.02. The summed E-state index contributed by atoms with van der Waals surface area (Å²) in [6.07, 6.45) is 6.35. The average Bonchev–Trinajstić information content (AvgIpc) is 3.34. The lowest BCUT2D eigenvalue weighted by Crippen LogP contribution is -2.49. The van der Waals surface area contributed by atoms with Crippen LogP contribution in [0.1, 0.15) is 36.2 Å². The van der Waals surface area contributed by atoms with Crippen LogP contribution in [0.3, 0.4) is 0 Å². The van der Waals surface area contributed by atoms with E-state index in [2.05, 4.69) is 32.1 Å². The van der Waals surface area contributed by atoms with Gasteiger partial charge in [-0.2, -0.15) is 5.10 Å². The van der Waals surface area contributed by atoms with E-state index in [9.17, 15) is 9.59 Å². The zero-order valence-electron chi connectivity index (χ0n) is 18.1. The predicted molar refractivity (Wildman–Crippen MR) is 120 cm³/mol. The Kier molecular flexibility index (Phi) is 5.46. The number of aromatic nitrogens is 4. The molecular formula is C23H26N6O3. The third-order valence-corrected chi connectivity index (χ3v) is 6.27. The maximum Gasteiger partial charge on any atom is 0.274 e. The monoisotopic (exact) mass is 434 g/mol. The number of rotatable bonds is 4. The van der Waals surface area contributed by atoms with E-state index in [1.165, 1.54) is 29.7 Å². The van der Waals surface area contributed by atoms with Crippen molar-refractivity contribution in [2.24, 2.45) is 7.05 Å². The fourth-order valence-electron chi connectivity index (χ4n) is 4.42. The molecule has 3 heterocycles. The van der Waals surface area contributed by atoms with Gasteiger partial charge in [0.05, 0.1) is 10.9 Å². The van der Waals surface area contributed by atoms with Gasteiger partial charge in [-0.1, -0.05) is 0 Å². The van der Waals surface area contributed by atoms with Gasteiger partial charge < -0.3 is 14.5 Å². The number of amides is 1. The number of nitrogens with zero attached hydrogens (tertiary/aromatic N) is 6. The van der Waals surface area contributed by atoms with Crippen LogP contribution < -0.4 is 15.2 Å². The predicted octanol–water partition coefficient (Wildman–Crippen LogP) is 2.01. The van der Waals surface area contributed by atoms with Crippen molar-refractivity contribution >= 4 is 22.5 Å². The highest BCUT2D eigenvalue weighted by atomic mass is 16.5. The molecule has 9 nitrogen and oxygen atoms in total. The van der Waals surface area contributed by atoms with E-state index in [4.69, 9.17) is 4.74 Å². The molecule has 2 aromatic heterocycles. The maximum atomic E-state index is 12.8. The molecule has 0 N–H and O–H groups in total. The fraction of sp³-hybridized carbons (Fsp3) is 0.435. The van der Waals surface area contributed by atoms with E-state index in [1.807, 2.05) is 6.07 Å². The summed E-state index contributed by atoms with van der Waals surface area (Å²) in [5.41, 5.74) is 1.99. The van der Waals surface area contributed by atoms with Gasteiger partial charge >= 0.3 is 0 Å². The number of fused-ring (bicyclic) bond motifs is 1. The Hall–Kier alpha value is -3.49. The second kappa shape index (κ2) is 8.57. The summed E-state index contributed by atoms with van der Waals surface area (Å²) in [6.45, 7) is 2.57. The standard InChI is InChI=1S/C23H26N6O3/c1-27-21(30)9-8-20(26-27)23(31)29-12-10-28(11-13-29)16-6-7-19-18(14-16)22(25-15-24-19)32-17-4-2-3-5-17/h6-9,14-15,17H,2-5,10-13H2,1H3. The Bertz CT molecular complexity index is 1200. The van der Waals surface area contributed by atoms with Gasteiger partial charge in [0.25, 0.3) is 11.5 Å². The first kappa shape index (κ1) is 20.4. The van der Waals surface area contributed by atoms with E-state index < -0.39 is 0 Å². The highest BCUT2D eigenvalue weighted by molar-refractivity contribution is 5.92. The summed E-state index contributed by atoms with van der Waals surface area (Å²) in [5, 5.41) is 5.00. The second-order valence-corrected chi connectivity index (χ2v) is 8.36. The van der Waals surface area contributed by atoms with Crippen molar-refractivity contribution in [1.82, 2.24) is 24.6 Å². The van der Waals surface area contributed by atoms with Crippen molar-refractivity contribution < 1.29 is 9.53 Å². The van der Waals surface area contributed by atoms with Crippen LogP contribution in [0.4, 0.5) is 5.69 Å². The van der Waals surface area contributed by atoms with Gasteiger partial charge in [0.15, 0.2) is 0 Å². The molecule has 9 heteroatoms. The van der Waals surface area contributed by atoms with Crippen LogP contribution >= 0.6 is 0 Å². The number of ether oxygens (including phenoxy) is 1.